The van der Waals surface area contributed by atoms with Crippen LogP contribution in [0, 0.1) is 6.92 Å². The van der Waals surface area contributed by atoms with Crippen molar-refractivity contribution < 1.29 is 4.52 Å². The number of H-pyrrole nitrogens is 1. The van der Waals surface area contributed by atoms with Crippen LogP contribution in [0.25, 0.3) is 10.9 Å². The zero-order valence-electron chi connectivity index (χ0n) is 15.4. The minimum absolute atomic E-state index is 0.376. The molecule has 0 saturated carbocycles. The molecule has 0 saturated heterocycles. The number of fused-ring (bicyclic) bond motifs is 3. The molecule has 1 aliphatic rings. The number of nitrogens with one attached hydrogen (secondary N) is 2. The molecule has 0 unspecified atom stereocenters. The second-order valence-electron chi connectivity index (χ2n) is 7.13. The van der Waals surface area contributed by atoms with Gasteiger partial charge in [-0.05, 0) is 50.3 Å². The van der Waals surface area contributed by atoms with Crippen LogP contribution >= 0.6 is 0 Å². The summed E-state index contributed by atoms with van der Waals surface area (Å²) >= 11 is 0. The first kappa shape index (κ1) is 16.4. The molecular weight excluding hydrogens is 310 g/mol. The molecule has 132 valence electrons. The van der Waals surface area contributed by atoms with E-state index in [9.17, 15) is 0 Å². The van der Waals surface area contributed by atoms with E-state index in [1.165, 1.54) is 52.5 Å². The van der Waals surface area contributed by atoms with Crippen LogP contribution in [0.1, 0.15) is 66.6 Å². The van der Waals surface area contributed by atoms with Gasteiger partial charge in [-0.2, -0.15) is 0 Å². The summed E-state index contributed by atoms with van der Waals surface area (Å²) in [6.07, 6.45) is 5.39. The van der Waals surface area contributed by atoms with E-state index in [1.807, 2.05) is 0 Å². The van der Waals surface area contributed by atoms with Gasteiger partial charge in [0, 0.05) is 41.2 Å². The third-order valence-corrected chi connectivity index (χ3v) is 5.49. The van der Waals surface area contributed by atoms with Gasteiger partial charge in [-0.25, -0.2) is 0 Å². The summed E-state index contributed by atoms with van der Waals surface area (Å²) in [5, 5.41) is 9.41. The van der Waals surface area contributed by atoms with E-state index in [0.717, 1.165) is 30.8 Å². The number of rotatable bonds is 5. The lowest BCUT2D eigenvalue weighted by Crippen LogP contribution is -2.25. The average molecular weight is 337 g/mol. The summed E-state index contributed by atoms with van der Waals surface area (Å²) in [5.41, 5.74) is 7.81. The highest BCUT2D eigenvalue weighted by Gasteiger charge is 2.25. The number of aromatic amines is 1. The van der Waals surface area contributed by atoms with Crippen LogP contribution in [0.3, 0.4) is 0 Å². The molecule has 0 aliphatic heterocycles. The number of aryl methyl sites for hydroxylation is 4. The monoisotopic (exact) mass is 337 g/mol. The molecule has 0 amide bonds. The summed E-state index contributed by atoms with van der Waals surface area (Å²) in [6.45, 7) is 7.26. The Morgan fingerprint density at radius 1 is 1.28 bits per heavy atom. The third kappa shape index (κ3) is 2.89. The lowest BCUT2D eigenvalue weighted by Gasteiger charge is -2.24. The van der Waals surface area contributed by atoms with E-state index in [0.29, 0.717) is 6.04 Å². The fraction of sp³-hybridized carbons (Fsp3) is 0.476. The molecule has 0 fully saturated rings. The van der Waals surface area contributed by atoms with E-state index < -0.39 is 0 Å². The first-order valence-electron chi connectivity index (χ1n) is 9.52. The van der Waals surface area contributed by atoms with Crippen LogP contribution < -0.4 is 5.32 Å². The molecule has 2 heterocycles. The molecule has 2 aromatic heterocycles. The molecule has 4 nitrogen and oxygen atoms in total. The molecule has 2 N–H and O–H groups in total. The predicted molar refractivity (Wildman–Crippen MR) is 101 cm³/mol. The molecule has 0 spiro atoms. The van der Waals surface area contributed by atoms with Crippen molar-refractivity contribution in [2.75, 3.05) is 0 Å². The normalized spacial score (nSPS) is 17.2. The van der Waals surface area contributed by atoms with Gasteiger partial charge in [-0.1, -0.05) is 30.6 Å². The van der Waals surface area contributed by atoms with Crippen molar-refractivity contribution in [1.82, 2.24) is 15.5 Å². The zero-order chi connectivity index (χ0) is 17.4. The van der Waals surface area contributed by atoms with Crippen molar-refractivity contribution in [3.8, 4) is 0 Å². The van der Waals surface area contributed by atoms with Gasteiger partial charge in [-0.15, -0.1) is 0 Å². The summed E-state index contributed by atoms with van der Waals surface area (Å²) in [5.74, 6) is 1.02. The molecular formula is C21H27N3O. The molecule has 0 bridgehead atoms. The molecule has 1 atom stereocenters. The fourth-order valence-electron chi connectivity index (χ4n) is 4.14. The van der Waals surface area contributed by atoms with Crippen LogP contribution in [0.5, 0.6) is 0 Å². The maximum Gasteiger partial charge on any atom is 0.141 e. The van der Waals surface area contributed by atoms with E-state index in [-0.39, 0.29) is 0 Å². The predicted octanol–water partition coefficient (Wildman–Crippen LogP) is 4.76. The van der Waals surface area contributed by atoms with E-state index in [4.69, 9.17) is 4.52 Å². The number of benzene rings is 1. The maximum absolute atomic E-state index is 5.51. The molecule has 4 rings (SSSR count). The quantitative estimate of drug-likeness (QED) is 0.706. The topological polar surface area (TPSA) is 53.9 Å². The van der Waals surface area contributed by atoms with Gasteiger partial charge in [0.25, 0.3) is 0 Å². The number of hydrogen-bond acceptors (Lipinski definition) is 3. The highest BCUT2D eigenvalue weighted by atomic mass is 16.5. The number of nitrogens with zero attached hydrogens (tertiary/aromatic N) is 1. The first-order chi connectivity index (χ1) is 12.2. The Balaban J connectivity index is 1.62. The summed E-state index contributed by atoms with van der Waals surface area (Å²) in [4.78, 5) is 3.68. The lowest BCUT2D eigenvalue weighted by molar-refractivity contribution is 0.378. The highest BCUT2D eigenvalue weighted by Crippen LogP contribution is 2.35. The van der Waals surface area contributed by atoms with Crippen molar-refractivity contribution in [2.24, 2.45) is 0 Å². The smallest absolute Gasteiger partial charge is 0.141 e. The summed E-state index contributed by atoms with van der Waals surface area (Å²) in [6, 6.07) is 7.09. The van der Waals surface area contributed by atoms with Gasteiger partial charge in [0.15, 0.2) is 0 Å². The van der Waals surface area contributed by atoms with Crippen molar-refractivity contribution in [3.63, 3.8) is 0 Å². The van der Waals surface area contributed by atoms with Gasteiger partial charge in [0.1, 0.15) is 5.76 Å². The van der Waals surface area contributed by atoms with E-state index >= 15 is 0 Å². The lowest BCUT2D eigenvalue weighted by atomic mass is 9.91. The van der Waals surface area contributed by atoms with Crippen LogP contribution in [-0.2, 0) is 25.8 Å². The largest absolute Gasteiger partial charge is 0.361 e. The zero-order valence-corrected chi connectivity index (χ0v) is 15.4. The SMILES string of the molecule is CCc1noc(CC)c1CN[C@@H]1CCCc2c1[nH]c1ccc(C)cc21. The molecule has 3 aromatic rings. The molecule has 1 aromatic carbocycles. The van der Waals surface area contributed by atoms with Gasteiger partial charge >= 0.3 is 0 Å². The Morgan fingerprint density at radius 2 is 2.16 bits per heavy atom. The van der Waals surface area contributed by atoms with Crippen LogP contribution in [0.15, 0.2) is 22.7 Å². The first-order valence-corrected chi connectivity index (χ1v) is 9.52. The molecule has 1 aliphatic carbocycles. The van der Waals surface area contributed by atoms with E-state index in [1.54, 1.807) is 0 Å². The minimum atomic E-state index is 0.376. The molecule has 4 heteroatoms. The Kier molecular flexibility index (Phi) is 4.38. The number of aromatic nitrogens is 2. The summed E-state index contributed by atoms with van der Waals surface area (Å²) in [7, 11) is 0. The van der Waals surface area contributed by atoms with Crippen LogP contribution in [-0.4, -0.2) is 10.1 Å². The van der Waals surface area contributed by atoms with Gasteiger partial charge in [-0.3, -0.25) is 0 Å². The average Bonchev–Trinajstić information content (AvgIpc) is 3.20. The standard InChI is InChI=1S/C21H27N3O/c1-4-17-16(20(5-2)25-24-17)12-22-19-8-6-7-14-15-11-13(3)9-10-18(15)23-21(14)19/h9-11,19,22-23H,4-8,12H2,1-3H3/t19-/m1/s1. The van der Waals surface area contributed by atoms with Crippen molar-refractivity contribution in [3.05, 3.63) is 52.0 Å². The van der Waals surface area contributed by atoms with Crippen molar-refractivity contribution >= 4 is 10.9 Å². The van der Waals surface area contributed by atoms with Crippen molar-refractivity contribution in [1.29, 1.82) is 0 Å². The Labute approximate surface area is 149 Å². The fourth-order valence-corrected chi connectivity index (χ4v) is 4.14. The molecule has 0 radical (unpaired) electrons. The van der Waals surface area contributed by atoms with Crippen LogP contribution in [0.4, 0.5) is 0 Å². The van der Waals surface area contributed by atoms with Gasteiger partial charge < -0.3 is 14.8 Å². The highest BCUT2D eigenvalue weighted by molar-refractivity contribution is 5.85. The maximum atomic E-state index is 5.51. The number of hydrogen-bond donors (Lipinski definition) is 2. The Hall–Kier alpha value is -2.07. The third-order valence-electron chi connectivity index (χ3n) is 5.49. The minimum Gasteiger partial charge on any atom is -0.361 e. The Morgan fingerprint density at radius 3 is 2.96 bits per heavy atom. The second kappa shape index (κ2) is 6.68. The summed E-state index contributed by atoms with van der Waals surface area (Å²) < 4.78 is 5.51. The second-order valence-corrected chi connectivity index (χ2v) is 7.13. The molecule has 25 heavy (non-hydrogen) atoms. The Bertz CT molecular complexity index is 869. The van der Waals surface area contributed by atoms with Crippen molar-refractivity contribution in [2.45, 2.75) is 65.5 Å². The van der Waals surface area contributed by atoms with Gasteiger partial charge in [0.05, 0.1) is 5.69 Å². The van der Waals surface area contributed by atoms with E-state index in [2.05, 4.69) is 54.4 Å². The van der Waals surface area contributed by atoms with Gasteiger partial charge in [0.2, 0.25) is 0 Å². The van der Waals surface area contributed by atoms with Crippen LogP contribution in [0.2, 0.25) is 0 Å².